The van der Waals surface area contributed by atoms with E-state index in [2.05, 4.69) is 0 Å². The molecule has 5 heteroatoms. The molecular formula is C12H17NO4. The van der Waals surface area contributed by atoms with Gasteiger partial charge in [-0.2, -0.15) is 0 Å². The number of rotatable bonds is 6. The lowest BCUT2D eigenvalue weighted by Gasteiger charge is -2.08. The molecule has 0 bridgehead atoms. The van der Waals surface area contributed by atoms with Crippen molar-refractivity contribution in [2.24, 2.45) is 0 Å². The van der Waals surface area contributed by atoms with Crippen molar-refractivity contribution in [3.8, 4) is 5.75 Å². The first-order valence-corrected chi connectivity index (χ1v) is 5.66. The quantitative estimate of drug-likeness (QED) is 0.700. The van der Waals surface area contributed by atoms with E-state index in [1.807, 2.05) is 6.92 Å². The number of carbonyl (C=O) groups is 1. The van der Waals surface area contributed by atoms with Gasteiger partial charge in [-0.05, 0) is 25.5 Å². The topological polar surface area (TPSA) is 57.5 Å². The van der Waals surface area contributed by atoms with Crippen molar-refractivity contribution < 1.29 is 14.3 Å². The molecule has 0 unspecified atom stereocenters. The molecule has 0 aliphatic heterocycles. The molecule has 0 aliphatic rings. The van der Waals surface area contributed by atoms with E-state index in [9.17, 15) is 9.59 Å². The molecule has 1 aromatic heterocycles. The number of carbonyl (C=O) groups excluding carboxylic acids is 1. The fourth-order valence-electron chi connectivity index (χ4n) is 1.31. The Morgan fingerprint density at radius 1 is 1.41 bits per heavy atom. The zero-order chi connectivity index (χ0) is 12.7. The molecule has 0 aliphatic carbocycles. The molecule has 0 atom stereocenters. The summed E-state index contributed by atoms with van der Waals surface area (Å²) in [6.45, 7) is 4.38. The average molecular weight is 239 g/mol. The number of hydrogen-bond acceptors (Lipinski definition) is 4. The monoisotopic (exact) mass is 239 g/mol. The Bertz CT molecular complexity index is 425. The molecule has 0 saturated carbocycles. The van der Waals surface area contributed by atoms with Gasteiger partial charge in [0.2, 0.25) is 0 Å². The van der Waals surface area contributed by atoms with E-state index >= 15 is 0 Å². The second-order valence-corrected chi connectivity index (χ2v) is 3.46. The minimum Gasteiger partial charge on any atom is -0.488 e. The predicted molar refractivity (Wildman–Crippen MR) is 63.1 cm³/mol. The average Bonchev–Trinajstić information content (AvgIpc) is 2.30. The summed E-state index contributed by atoms with van der Waals surface area (Å²) >= 11 is 0. The molecule has 0 fully saturated rings. The van der Waals surface area contributed by atoms with Crippen LogP contribution in [0.3, 0.4) is 0 Å². The Labute approximate surface area is 100.0 Å². The van der Waals surface area contributed by atoms with E-state index in [1.165, 1.54) is 10.8 Å². The van der Waals surface area contributed by atoms with Gasteiger partial charge in [-0.25, -0.2) is 0 Å². The summed E-state index contributed by atoms with van der Waals surface area (Å²) < 4.78 is 11.3. The van der Waals surface area contributed by atoms with Gasteiger partial charge in [0.25, 0.3) is 5.56 Å². The number of pyridine rings is 1. The SMILES string of the molecule is CCCOc1cccn(CC(=O)OCC)c1=O. The van der Waals surface area contributed by atoms with Crippen molar-refractivity contribution in [3.63, 3.8) is 0 Å². The van der Waals surface area contributed by atoms with Crippen LogP contribution in [0.1, 0.15) is 20.3 Å². The van der Waals surface area contributed by atoms with Crippen LogP contribution in [0.5, 0.6) is 5.75 Å². The first-order valence-electron chi connectivity index (χ1n) is 5.66. The normalized spacial score (nSPS) is 10.0. The molecule has 0 N–H and O–H groups in total. The molecule has 1 aromatic rings. The van der Waals surface area contributed by atoms with Crippen LogP contribution in [-0.4, -0.2) is 23.8 Å². The van der Waals surface area contributed by atoms with Crippen LogP contribution in [0.25, 0.3) is 0 Å². The van der Waals surface area contributed by atoms with E-state index in [-0.39, 0.29) is 17.9 Å². The van der Waals surface area contributed by atoms with E-state index in [1.54, 1.807) is 19.1 Å². The standard InChI is InChI=1S/C12H17NO4/c1-3-8-17-10-6-5-7-13(12(10)15)9-11(14)16-4-2/h5-7H,3-4,8-9H2,1-2H3. The highest BCUT2D eigenvalue weighted by atomic mass is 16.5. The summed E-state index contributed by atoms with van der Waals surface area (Å²) in [5.41, 5.74) is -0.311. The van der Waals surface area contributed by atoms with Gasteiger partial charge in [-0.1, -0.05) is 6.92 Å². The van der Waals surface area contributed by atoms with Crippen molar-refractivity contribution >= 4 is 5.97 Å². The fourth-order valence-corrected chi connectivity index (χ4v) is 1.31. The smallest absolute Gasteiger partial charge is 0.326 e. The molecule has 17 heavy (non-hydrogen) atoms. The highest BCUT2D eigenvalue weighted by Crippen LogP contribution is 2.02. The maximum absolute atomic E-state index is 11.8. The van der Waals surface area contributed by atoms with Crippen LogP contribution in [0.15, 0.2) is 23.1 Å². The van der Waals surface area contributed by atoms with Crippen LogP contribution in [0.2, 0.25) is 0 Å². The summed E-state index contributed by atoms with van der Waals surface area (Å²) in [4.78, 5) is 23.1. The Hall–Kier alpha value is -1.78. The summed E-state index contributed by atoms with van der Waals surface area (Å²) in [6.07, 6.45) is 2.37. The van der Waals surface area contributed by atoms with Gasteiger partial charge >= 0.3 is 5.97 Å². The van der Waals surface area contributed by atoms with Gasteiger partial charge in [0, 0.05) is 6.20 Å². The third-order valence-electron chi connectivity index (χ3n) is 2.05. The predicted octanol–water partition coefficient (Wildman–Crippen LogP) is 1.20. The number of nitrogens with zero attached hydrogens (tertiary/aromatic N) is 1. The van der Waals surface area contributed by atoms with Crippen LogP contribution in [0.4, 0.5) is 0 Å². The molecule has 0 saturated heterocycles. The van der Waals surface area contributed by atoms with E-state index in [4.69, 9.17) is 9.47 Å². The molecule has 0 radical (unpaired) electrons. The number of ether oxygens (including phenoxy) is 2. The lowest BCUT2D eigenvalue weighted by molar-refractivity contribution is -0.143. The fraction of sp³-hybridized carbons (Fsp3) is 0.500. The minimum atomic E-state index is -0.428. The molecule has 0 spiro atoms. The maximum Gasteiger partial charge on any atom is 0.326 e. The van der Waals surface area contributed by atoms with Gasteiger partial charge in [0.15, 0.2) is 5.75 Å². The van der Waals surface area contributed by atoms with E-state index < -0.39 is 5.97 Å². The van der Waals surface area contributed by atoms with Crippen molar-refractivity contribution in [3.05, 3.63) is 28.7 Å². The first-order chi connectivity index (χ1) is 8.19. The van der Waals surface area contributed by atoms with Gasteiger partial charge in [-0.15, -0.1) is 0 Å². The van der Waals surface area contributed by atoms with Crippen molar-refractivity contribution in [2.45, 2.75) is 26.8 Å². The first kappa shape index (κ1) is 13.3. The van der Waals surface area contributed by atoms with Crippen LogP contribution >= 0.6 is 0 Å². The second kappa shape index (κ2) is 6.73. The lowest BCUT2D eigenvalue weighted by Crippen LogP contribution is -2.26. The highest BCUT2D eigenvalue weighted by molar-refractivity contribution is 5.69. The van der Waals surface area contributed by atoms with Gasteiger partial charge in [-0.3, -0.25) is 9.59 Å². The van der Waals surface area contributed by atoms with Gasteiger partial charge in [0.1, 0.15) is 6.54 Å². The third kappa shape index (κ3) is 3.94. The third-order valence-corrected chi connectivity index (χ3v) is 2.05. The van der Waals surface area contributed by atoms with E-state index in [0.717, 1.165) is 6.42 Å². The second-order valence-electron chi connectivity index (χ2n) is 3.46. The van der Waals surface area contributed by atoms with Crippen molar-refractivity contribution in [1.29, 1.82) is 0 Å². The Kier molecular flexibility index (Phi) is 5.26. The maximum atomic E-state index is 11.8. The molecule has 5 nitrogen and oxygen atoms in total. The molecular weight excluding hydrogens is 222 g/mol. The Balaban J connectivity index is 2.79. The molecule has 0 amide bonds. The molecule has 1 rings (SSSR count). The highest BCUT2D eigenvalue weighted by Gasteiger charge is 2.08. The molecule has 94 valence electrons. The summed E-state index contributed by atoms with van der Waals surface area (Å²) in [5, 5.41) is 0. The number of hydrogen-bond donors (Lipinski definition) is 0. The lowest BCUT2D eigenvalue weighted by atomic mass is 10.4. The number of aromatic nitrogens is 1. The van der Waals surface area contributed by atoms with Crippen molar-refractivity contribution in [1.82, 2.24) is 4.57 Å². The zero-order valence-corrected chi connectivity index (χ0v) is 10.1. The largest absolute Gasteiger partial charge is 0.488 e. The summed E-state index contributed by atoms with van der Waals surface area (Å²) in [7, 11) is 0. The number of esters is 1. The Morgan fingerprint density at radius 3 is 2.82 bits per heavy atom. The summed E-state index contributed by atoms with van der Waals surface area (Å²) in [6, 6.07) is 3.27. The van der Waals surface area contributed by atoms with Crippen LogP contribution in [0, 0.1) is 0 Å². The van der Waals surface area contributed by atoms with E-state index in [0.29, 0.717) is 13.2 Å². The van der Waals surface area contributed by atoms with Crippen molar-refractivity contribution in [2.75, 3.05) is 13.2 Å². The van der Waals surface area contributed by atoms with Gasteiger partial charge < -0.3 is 14.0 Å². The molecule has 1 heterocycles. The van der Waals surface area contributed by atoms with Crippen LogP contribution in [-0.2, 0) is 16.1 Å². The van der Waals surface area contributed by atoms with Crippen LogP contribution < -0.4 is 10.3 Å². The Morgan fingerprint density at radius 2 is 2.18 bits per heavy atom. The van der Waals surface area contributed by atoms with Gasteiger partial charge in [0.05, 0.1) is 13.2 Å². The minimum absolute atomic E-state index is 0.0873. The zero-order valence-electron chi connectivity index (χ0n) is 10.1. The molecule has 0 aromatic carbocycles. The summed E-state index contributed by atoms with van der Waals surface area (Å²) in [5.74, 6) is -0.166.